The number of halogens is 4. The minimum atomic E-state index is -4.37. The van der Waals surface area contributed by atoms with Gasteiger partial charge < -0.3 is 5.11 Å². The van der Waals surface area contributed by atoms with Crippen molar-refractivity contribution < 1.29 is 18.3 Å². The number of benzene rings is 2. The third-order valence-electron chi connectivity index (χ3n) is 3.08. The summed E-state index contributed by atoms with van der Waals surface area (Å²) in [7, 11) is 0. The lowest BCUT2D eigenvalue weighted by Gasteiger charge is -2.16. The van der Waals surface area contributed by atoms with Crippen LogP contribution in [-0.2, 0) is 6.18 Å². The van der Waals surface area contributed by atoms with Gasteiger partial charge in [-0.15, -0.1) is 0 Å². The third kappa shape index (κ3) is 3.22. The smallest absolute Gasteiger partial charge is 0.384 e. The topological polar surface area (TPSA) is 20.2 Å². The van der Waals surface area contributed by atoms with Crippen molar-refractivity contribution in [3.63, 3.8) is 0 Å². The van der Waals surface area contributed by atoms with E-state index in [2.05, 4.69) is 15.9 Å². The highest BCUT2D eigenvalue weighted by molar-refractivity contribution is 9.10. The summed E-state index contributed by atoms with van der Waals surface area (Å²) in [6.45, 7) is 1.56. The second-order valence-electron chi connectivity index (χ2n) is 4.52. The Hall–Kier alpha value is -1.33. The highest BCUT2D eigenvalue weighted by Gasteiger charge is 2.31. The zero-order chi connectivity index (χ0) is 14.9. The normalized spacial score (nSPS) is 13.3. The van der Waals surface area contributed by atoms with E-state index in [0.717, 1.165) is 16.6 Å². The molecule has 0 fully saturated rings. The van der Waals surface area contributed by atoms with E-state index in [-0.39, 0.29) is 0 Å². The van der Waals surface area contributed by atoms with Gasteiger partial charge in [-0.25, -0.2) is 0 Å². The van der Waals surface area contributed by atoms with Crippen LogP contribution in [0.5, 0.6) is 0 Å². The Labute approximate surface area is 123 Å². The molecule has 1 atom stereocenters. The molecule has 1 N–H and O–H groups in total. The van der Waals surface area contributed by atoms with Crippen molar-refractivity contribution >= 4 is 15.9 Å². The van der Waals surface area contributed by atoms with Gasteiger partial charge in [-0.3, -0.25) is 0 Å². The quantitative estimate of drug-likeness (QED) is 0.824. The Bertz CT molecular complexity index is 606. The van der Waals surface area contributed by atoms with Gasteiger partial charge >= 0.3 is 6.18 Å². The standard InChI is InChI=1S/C15H12BrF3O/c1-9-8-11(15(17,18)19)4-7-13(9)14(20)10-2-5-12(16)6-3-10/h2-8,14,20H,1H3. The van der Waals surface area contributed by atoms with Crippen LogP contribution in [0.1, 0.15) is 28.4 Å². The summed E-state index contributed by atoms with van der Waals surface area (Å²) >= 11 is 3.29. The summed E-state index contributed by atoms with van der Waals surface area (Å²) in [5, 5.41) is 10.3. The Morgan fingerprint density at radius 1 is 1.05 bits per heavy atom. The van der Waals surface area contributed by atoms with E-state index in [1.165, 1.54) is 6.07 Å². The molecule has 0 heterocycles. The molecule has 106 valence electrons. The van der Waals surface area contributed by atoms with E-state index >= 15 is 0 Å². The van der Waals surface area contributed by atoms with Crippen LogP contribution < -0.4 is 0 Å². The number of aryl methyl sites for hydroxylation is 1. The monoisotopic (exact) mass is 344 g/mol. The zero-order valence-electron chi connectivity index (χ0n) is 10.6. The van der Waals surface area contributed by atoms with Crippen molar-refractivity contribution in [2.75, 3.05) is 0 Å². The van der Waals surface area contributed by atoms with Crippen molar-refractivity contribution in [3.8, 4) is 0 Å². The van der Waals surface area contributed by atoms with Crippen LogP contribution in [0, 0.1) is 6.92 Å². The molecular weight excluding hydrogens is 333 g/mol. The fraction of sp³-hybridized carbons (Fsp3) is 0.200. The Morgan fingerprint density at radius 2 is 1.65 bits per heavy atom. The second-order valence-corrected chi connectivity index (χ2v) is 5.44. The Kier molecular flexibility index (Phi) is 4.20. The first kappa shape index (κ1) is 15.1. The van der Waals surface area contributed by atoms with E-state index in [9.17, 15) is 18.3 Å². The molecule has 0 amide bonds. The fourth-order valence-corrected chi connectivity index (χ4v) is 2.25. The first-order valence-electron chi connectivity index (χ1n) is 5.90. The number of aliphatic hydroxyl groups excluding tert-OH is 1. The Balaban J connectivity index is 2.36. The van der Waals surface area contributed by atoms with E-state index in [0.29, 0.717) is 16.7 Å². The maximum absolute atomic E-state index is 12.6. The predicted molar refractivity (Wildman–Crippen MR) is 74.4 cm³/mol. The van der Waals surface area contributed by atoms with Crippen LogP contribution in [0.15, 0.2) is 46.9 Å². The van der Waals surface area contributed by atoms with Crippen molar-refractivity contribution in [1.29, 1.82) is 0 Å². The first-order valence-corrected chi connectivity index (χ1v) is 6.69. The first-order chi connectivity index (χ1) is 9.29. The highest BCUT2D eigenvalue weighted by Crippen LogP contribution is 2.33. The molecule has 0 radical (unpaired) electrons. The number of rotatable bonds is 2. The van der Waals surface area contributed by atoms with E-state index in [1.807, 2.05) is 0 Å². The molecule has 0 saturated heterocycles. The van der Waals surface area contributed by atoms with Gasteiger partial charge in [0.1, 0.15) is 6.10 Å². The molecule has 0 aliphatic heterocycles. The van der Waals surface area contributed by atoms with Crippen LogP contribution in [0.4, 0.5) is 13.2 Å². The molecule has 2 aromatic rings. The summed E-state index contributed by atoms with van der Waals surface area (Å²) in [6, 6.07) is 10.4. The molecule has 2 rings (SSSR count). The number of aliphatic hydroxyl groups is 1. The lowest BCUT2D eigenvalue weighted by Crippen LogP contribution is -2.08. The largest absolute Gasteiger partial charge is 0.416 e. The summed E-state index contributed by atoms with van der Waals surface area (Å²) in [4.78, 5) is 0. The highest BCUT2D eigenvalue weighted by atomic mass is 79.9. The Morgan fingerprint density at radius 3 is 2.15 bits per heavy atom. The lowest BCUT2D eigenvalue weighted by molar-refractivity contribution is -0.137. The van der Waals surface area contributed by atoms with Gasteiger partial charge in [0, 0.05) is 4.47 Å². The van der Waals surface area contributed by atoms with Gasteiger partial charge in [-0.1, -0.05) is 34.1 Å². The van der Waals surface area contributed by atoms with Crippen LogP contribution >= 0.6 is 15.9 Å². The van der Waals surface area contributed by atoms with Gasteiger partial charge in [-0.2, -0.15) is 13.2 Å². The molecule has 0 aliphatic rings. The maximum Gasteiger partial charge on any atom is 0.416 e. The van der Waals surface area contributed by atoms with Gasteiger partial charge in [0.2, 0.25) is 0 Å². The van der Waals surface area contributed by atoms with Crippen LogP contribution in [0.3, 0.4) is 0 Å². The molecule has 0 bridgehead atoms. The van der Waals surface area contributed by atoms with Crippen LogP contribution in [0.25, 0.3) is 0 Å². The van der Waals surface area contributed by atoms with Crippen molar-refractivity contribution in [2.24, 2.45) is 0 Å². The van der Waals surface area contributed by atoms with E-state index in [1.54, 1.807) is 31.2 Å². The van der Waals surface area contributed by atoms with Crippen LogP contribution in [0.2, 0.25) is 0 Å². The maximum atomic E-state index is 12.6. The van der Waals surface area contributed by atoms with Gasteiger partial charge in [0.25, 0.3) is 0 Å². The summed E-state index contributed by atoms with van der Waals surface area (Å²) in [5.41, 5.74) is 0.813. The van der Waals surface area contributed by atoms with Crippen molar-refractivity contribution in [3.05, 3.63) is 69.2 Å². The van der Waals surface area contributed by atoms with Gasteiger partial charge in [0.05, 0.1) is 5.56 Å². The van der Waals surface area contributed by atoms with Gasteiger partial charge in [-0.05, 0) is 47.9 Å². The molecule has 2 aromatic carbocycles. The van der Waals surface area contributed by atoms with Crippen molar-refractivity contribution in [2.45, 2.75) is 19.2 Å². The molecular formula is C15H12BrF3O. The minimum absolute atomic E-state index is 0.412. The molecule has 5 heteroatoms. The molecule has 1 nitrogen and oxygen atoms in total. The minimum Gasteiger partial charge on any atom is -0.384 e. The van der Waals surface area contributed by atoms with E-state index < -0.39 is 17.8 Å². The van der Waals surface area contributed by atoms with Crippen LogP contribution in [-0.4, -0.2) is 5.11 Å². The fourth-order valence-electron chi connectivity index (χ4n) is 1.98. The lowest BCUT2D eigenvalue weighted by atomic mass is 9.96. The van der Waals surface area contributed by atoms with Gasteiger partial charge in [0.15, 0.2) is 0 Å². The van der Waals surface area contributed by atoms with E-state index in [4.69, 9.17) is 0 Å². The zero-order valence-corrected chi connectivity index (χ0v) is 12.2. The molecule has 0 aliphatic carbocycles. The second kappa shape index (κ2) is 5.58. The predicted octanol–water partition coefficient (Wildman–Crippen LogP) is 4.86. The average molecular weight is 345 g/mol. The molecule has 0 spiro atoms. The van der Waals surface area contributed by atoms with Crippen molar-refractivity contribution in [1.82, 2.24) is 0 Å². The molecule has 0 aromatic heterocycles. The number of hydrogen-bond acceptors (Lipinski definition) is 1. The molecule has 1 unspecified atom stereocenters. The molecule has 20 heavy (non-hydrogen) atoms. The molecule has 0 saturated carbocycles. The summed E-state index contributed by atoms with van der Waals surface area (Å²) < 4.78 is 38.7. The SMILES string of the molecule is Cc1cc(C(F)(F)F)ccc1C(O)c1ccc(Br)cc1. The summed E-state index contributed by atoms with van der Waals surface area (Å²) in [6.07, 6.45) is -5.31. The average Bonchev–Trinajstić information content (AvgIpc) is 2.37. The third-order valence-corrected chi connectivity index (χ3v) is 3.61. The number of alkyl halides is 3. The summed E-state index contributed by atoms with van der Waals surface area (Å²) in [5.74, 6) is 0. The number of hydrogen-bond donors (Lipinski definition) is 1.